The third kappa shape index (κ3) is 1.93. The fourth-order valence-corrected chi connectivity index (χ4v) is 0.644. The standard InChI is InChI=1S/C7H6F3N/c8-3-6-2-1-5(4-11-6)7(9)10/h1-2,4,7H,3H2. The number of hydrogen-bond donors (Lipinski definition) is 0. The Labute approximate surface area is 61.9 Å². The average Bonchev–Trinajstić information content (AvgIpc) is 2.05. The van der Waals surface area contributed by atoms with Gasteiger partial charge in [-0.3, -0.25) is 4.98 Å². The molecule has 0 aliphatic rings. The van der Waals surface area contributed by atoms with E-state index in [0.29, 0.717) is 0 Å². The van der Waals surface area contributed by atoms with Gasteiger partial charge in [-0.05, 0) is 12.1 Å². The highest BCUT2D eigenvalue weighted by molar-refractivity contribution is 5.14. The highest BCUT2D eigenvalue weighted by atomic mass is 19.3. The summed E-state index contributed by atoms with van der Waals surface area (Å²) in [6.07, 6.45) is -1.55. The van der Waals surface area contributed by atoms with E-state index >= 15 is 0 Å². The predicted molar refractivity (Wildman–Crippen MR) is 34.0 cm³/mol. The van der Waals surface area contributed by atoms with Crippen LogP contribution in [0.3, 0.4) is 0 Å². The minimum absolute atomic E-state index is 0.175. The number of hydrogen-bond acceptors (Lipinski definition) is 1. The summed E-state index contributed by atoms with van der Waals surface area (Å²) in [5.41, 5.74) is -0.00315. The topological polar surface area (TPSA) is 12.9 Å². The molecule has 0 aliphatic heterocycles. The zero-order valence-corrected chi connectivity index (χ0v) is 5.60. The van der Waals surface area contributed by atoms with Crippen molar-refractivity contribution in [3.8, 4) is 0 Å². The van der Waals surface area contributed by atoms with E-state index in [-0.39, 0.29) is 11.3 Å². The molecule has 0 saturated carbocycles. The van der Waals surface area contributed by atoms with Crippen LogP contribution >= 0.6 is 0 Å². The van der Waals surface area contributed by atoms with Gasteiger partial charge < -0.3 is 0 Å². The van der Waals surface area contributed by atoms with Gasteiger partial charge in [0.1, 0.15) is 6.67 Å². The van der Waals surface area contributed by atoms with Gasteiger partial charge in [-0.25, -0.2) is 13.2 Å². The quantitative estimate of drug-likeness (QED) is 0.649. The summed E-state index contributed by atoms with van der Waals surface area (Å²) in [6, 6.07) is 2.42. The van der Waals surface area contributed by atoms with E-state index in [1.54, 1.807) is 0 Å². The number of rotatable bonds is 2. The van der Waals surface area contributed by atoms with E-state index < -0.39 is 13.1 Å². The van der Waals surface area contributed by atoms with Gasteiger partial charge in [0.15, 0.2) is 0 Å². The van der Waals surface area contributed by atoms with Crippen LogP contribution < -0.4 is 0 Å². The molecule has 1 aromatic rings. The minimum Gasteiger partial charge on any atom is -0.258 e. The Morgan fingerprint density at radius 1 is 1.36 bits per heavy atom. The van der Waals surface area contributed by atoms with Gasteiger partial charge in [0, 0.05) is 11.8 Å². The van der Waals surface area contributed by atoms with Crippen molar-refractivity contribution in [3.63, 3.8) is 0 Å². The van der Waals surface area contributed by atoms with Crippen molar-refractivity contribution in [2.24, 2.45) is 0 Å². The Morgan fingerprint density at radius 2 is 2.09 bits per heavy atom. The molecule has 0 bridgehead atoms. The number of halogens is 3. The molecule has 60 valence electrons. The zero-order valence-electron chi connectivity index (χ0n) is 5.60. The molecule has 0 aliphatic carbocycles. The summed E-state index contributed by atoms with van der Waals surface area (Å²) < 4.78 is 35.5. The van der Waals surface area contributed by atoms with Crippen molar-refractivity contribution in [2.75, 3.05) is 0 Å². The van der Waals surface area contributed by atoms with E-state index in [2.05, 4.69) is 4.98 Å². The molecule has 1 nitrogen and oxygen atoms in total. The van der Waals surface area contributed by atoms with Crippen LogP contribution in [-0.2, 0) is 6.67 Å². The lowest BCUT2D eigenvalue weighted by Crippen LogP contribution is -1.89. The van der Waals surface area contributed by atoms with E-state index in [4.69, 9.17) is 0 Å². The molecule has 0 unspecified atom stereocenters. The average molecular weight is 161 g/mol. The van der Waals surface area contributed by atoms with Gasteiger partial charge in [0.05, 0.1) is 5.69 Å². The predicted octanol–water partition coefficient (Wildman–Crippen LogP) is 2.49. The normalized spacial score (nSPS) is 10.5. The molecule has 1 heterocycles. The Balaban J connectivity index is 2.83. The second kappa shape index (κ2) is 3.37. The maximum absolute atomic E-state index is 11.9. The maximum atomic E-state index is 11.9. The smallest absolute Gasteiger partial charge is 0.258 e. The van der Waals surface area contributed by atoms with Gasteiger partial charge in [-0.2, -0.15) is 0 Å². The highest BCUT2D eigenvalue weighted by Crippen LogP contribution is 2.17. The van der Waals surface area contributed by atoms with Gasteiger partial charge in [-0.15, -0.1) is 0 Å². The van der Waals surface area contributed by atoms with Crippen LogP contribution in [0.1, 0.15) is 17.7 Å². The highest BCUT2D eigenvalue weighted by Gasteiger charge is 2.05. The van der Waals surface area contributed by atoms with Crippen LogP contribution in [0.4, 0.5) is 13.2 Å². The van der Waals surface area contributed by atoms with Crippen LogP contribution in [0.15, 0.2) is 18.3 Å². The van der Waals surface area contributed by atoms with Crippen LogP contribution in [0.2, 0.25) is 0 Å². The lowest BCUT2D eigenvalue weighted by Gasteiger charge is -1.97. The molecule has 1 rings (SSSR count). The molecule has 1 aromatic heterocycles. The largest absolute Gasteiger partial charge is 0.265 e. The summed E-state index contributed by atoms with van der Waals surface area (Å²) >= 11 is 0. The summed E-state index contributed by atoms with van der Waals surface area (Å²) in [4.78, 5) is 3.46. The van der Waals surface area contributed by atoms with E-state index in [1.165, 1.54) is 12.1 Å². The van der Waals surface area contributed by atoms with Gasteiger partial charge in [0.25, 0.3) is 6.43 Å². The van der Waals surface area contributed by atoms with Gasteiger partial charge in [-0.1, -0.05) is 0 Å². The number of nitrogens with zero attached hydrogens (tertiary/aromatic N) is 1. The fraction of sp³-hybridized carbons (Fsp3) is 0.286. The molecule has 11 heavy (non-hydrogen) atoms. The Hall–Kier alpha value is -1.06. The minimum atomic E-state index is -2.53. The number of alkyl halides is 3. The molecule has 0 radical (unpaired) electrons. The second-order valence-electron chi connectivity index (χ2n) is 2.02. The van der Waals surface area contributed by atoms with Crippen LogP contribution in [0.25, 0.3) is 0 Å². The summed E-state index contributed by atoms with van der Waals surface area (Å²) in [5, 5.41) is 0. The Morgan fingerprint density at radius 3 is 2.45 bits per heavy atom. The molecule has 0 saturated heterocycles. The molecule has 0 aromatic carbocycles. The SMILES string of the molecule is FCc1ccc(C(F)F)cn1. The van der Waals surface area contributed by atoms with Crippen molar-refractivity contribution >= 4 is 0 Å². The molecular weight excluding hydrogens is 155 g/mol. The first-order chi connectivity index (χ1) is 5.24. The Kier molecular flexibility index (Phi) is 2.46. The molecule has 0 spiro atoms. The molecule has 0 fully saturated rings. The molecule has 0 N–H and O–H groups in total. The molecule has 0 atom stereocenters. The van der Waals surface area contributed by atoms with E-state index in [1.807, 2.05) is 0 Å². The monoisotopic (exact) mass is 161 g/mol. The third-order valence-electron chi connectivity index (χ3n) is 1.24. The first kappa shape index (κ1) is 8.04. The molecule has 0 amide bonds. The fourth-order valence-electron chi connectivity index (χ4n) is 0.644. The van der Waals surface area contributed by atoms with Crippen LogP contribution in [0.5, 0.6) is 0 Å². The molecule has 4 heteroatoms. The van der Waals surface area contributed by atoms with Crippen molar-refractivity contribution < 1.29 is 13.2 Å². The number of aromatic nitrogens is 1. The van der Waals surface area contributed by atoms with E-state index in [0.717, 1.165) is 6.20 Å². The lowest BCUT2D eigenvalue weighted by molar-refractivity contribution is 0.151. The zero-order chi connectivity index (χ0) is 8.27. The van der Waals surface area contributed by atoms with Gasteiger partial charge >= 0.3 is 0 Å². The summed E-state index contributed by atoms with van der Waals surface area (Å²) in [6.45, 7) is -0.719. The van der Waals surface area contributed by atoms with Crippen molar-refractivity contribution in [3.05, 3.63) is 29.6 Å². The first-order valence-corrected chi connectivity index (χ1v) is 3.03. The summed E-state index contributed by atoms with van der Waals surface area (Å²) in [5.74, 6) is 0. The number of pyridine rings is 1. The first-order valence-electron chi connectivity index (χ1n) is 3.03. The third-order valence-corrected chi connectivity index (χ3v) is 1.24. The lowest BCUT2D eigenvalue weighted by atomic mass is 10.2. The molecular formula is C7H6F3N. The second-order valence-corrected chi connectivity index (χ2v) is 2.02. The van der Waals surface area contributed by atoms with Crippen molar-refractivity contribution in [2.45, 2.75) is 13.1 Å². The summed E-state index contributed by atoms with van der Waals surface area (Å²) in [7, 11) is 0. The Bertz CT molecular complexity index is 220. The van der Waals surface area contributed by atoms with Gasteiger partial charge in [0.2, 0.25) is 0 Å². The maximum Gasteiger partial charge on any atom is 0.265 e. The van der Waals surface area contributed by atoms with Crippen LogP contribution in [-0.4, -0.2) is 4.98 Å². The van der Waals surface area contributed by atoms with E-state index in [9.17, 15) is 13.2 Å². The van der Waals surface area contributed by atoms with Crippen molar-refractivity contribution in [1.82, 2.24) is 4.98 Å². The van der Waals surface area contributed by atoms with Crippen molar-refractivity contribution in [1.29, 1.82) is 0 Å². The van der Waals surface area contributed by atoms with Crippen LogP contribution in [0, 0.1) is 0 Å².